The van der Waals surface area contributed by atoms with E-state index in [2.05, 4.69) is 17.6 Å². The number of nitrogens with one attached hydrogen (secondary N) is 2. The summed E-state index contributed by atoms with van der Waals surface area (Å²) in [4.78, 5) is 23.3. The monoisotopic (exact) mass is 416 g/mol. The zero-order valence-corrected chi connectivity index (χ0v) is 17.5. The lowest BCUT2D eigenvalue weighted by Crippen LogP contribution is -2.09. The highest BCUT2D eigenvalue weighted by molar-refractivity contribution is 6.34. The topological polar surface area (TPSA) is 76.7 Å². The zero-order chi connectivity index (χ0) is 21.2. The molecule has 0 aliphatic rings. The summed E-state index contributed by atoms with van der Waals surface area (Å²) in [7, 11) is 1.58. The average Bonchev–Trinajstić information content (AvgIpc) is 2.68. The predicted octanol–water partition coefficient (Wildman–Crippen LogP) is 5.14. The molecule has 0 bridgehead atoms. The van der Waals surface area contributed by atoms with E-state index in [1.165, 1.54) is 13.0 Å². The minimum atomic E-state index is -0.332. The van der Waals surface area contributed by atoms with E-state index in [1.54, 1.807) is 37.5 Å². The van der Waals surface area contributed by atoms with Crippen molar-refractivity contribution in [2.24, 2.45) is 0 Å². The van der Waals surface area contributed by atoms with E-state index in [1.807, 2.05) is 12.1 Å². The normalized spacial score (nSPS) is 10.6. The number of methoxy groups -OCH3 is 1. The number of halogens is 1. The minimum absolute atomic E-state index is 0.196. The Bertz CT molecular complexity index is 896. The number of benzene rings is 2. The van der Waals surface area contributed by atoms with Crippen LogP contribution in [-0.2, 0) is 9.59 Å². The Morgan fingerprint density at radius 1 is 1.10 bits per heavy atom. The average molecular weight is 417 g/mol. The Kier molecular flexibility index (Phi) is 8.55. The number of unbranched alkanes of at least 4 members (excludes halogenated alkanes) is 1. The lowest BCUT2D eigenvalue weighted by Gasteiger charge is -2.11. The predicted molar refractivity (Wildman–Crippen MR) is 117 cm³/mol. The van der Waals surface area contributed by atoms with Gasteiger partial charge in [-0.3, -0.25) is 9.59 Å². The molecule has 2 aromatic carbocycles. The van der Waals surface area contributed by atoms with Gasteiger partial charge >= 0.3 is 0 Å². The molecule has 0 saturated heterocycles. The molecule has 2 amide bonds. The van der Waals surface area contributed by atoms with Crippen molar-refractivity contribution in [2.45, 2.75) is 26.7 Å². The zero-order valence-electron chi connectivity index (χ0n) is 16.8. The lowest BCUT2D eigenvalue weighted by atomic mass is 10.2. The van der Waals surface area contributed by atoms with Crippen molar-refractivity contribution >= 4 is 40.9 Å². The highest BCUT2D eigenvalue weighted by atomic mass is 35.5. The molecule has 2 N–H and O–H groups in total. The minimum Gasteiger partial charge on any atom is -0.493 e. The van der Waals surface area contributed by atoms with E-state index in [-0.39, 0.29) is 11.8 Å². The molecule has 0 spiro atoms. The van der Waals surface area contributed by atoms with Gasteiger partial charge in [-0.2, -0.15) is 0 Å². The Balaban J connectivity index is 2.02. The van der Waals surface area contributed by atoms with Crippen molar-refractivity contribution in [3.63, 3.8) is 0 Å². The molecule has 0 aromatic heterocycles. The summed E-state index contributed by atoms with van der Waals surface area (Å²) in [6.07, 6.45) is 5.11. The SMILES string of the molecule is CCCCOc1ccc(/C=C/C(=O)Nc2ccc(NC(C)=O)cc2Cl)cc1OC. The Morgan fingerprint density at radius 2 is 1.90 bits per heavy atom. The molecule has 0 fully saturated rings. The molecule has 0 unspecified atom stereocenters. The highest BCUT2D eigenvalue weighted by Gasteiger charge is 2.07. The molecule has 6 nitrogen and oxygen atoms in total. The van der Waals surface area contributed by atoms with E-state index in [9.17, 15) is 9.59 Å². The van der Waals surface area contributed by atoms with Gasteiger partial charge in [-0.15, -0.1) is 0 Å². The molecule has 0 aliphatic heterocycles. The molecule has 2 aromatic rings. The summed E-state index contributed by atoms with van der Waals surface area (Å²) in [5.41, 5.74) is 1.81. The first kappa shape index (κ1) is 22.3. The van der Waals surface area contributed by atoms with Crippen LogP contribution in [0.15, 0.2) is 42.5 Å². The van der Waals surface area contributed by atoms with Crippen LogP contribution in [0.25, 0.3) is 6.08 Å². The summed E-state index contributed by atoms with van der Waals surface area (Å²) in [5.74, 6) is 0.758. The second-order valence-corrected chi connectivity index (χ2v) is 6.72. The largest absolute Gasteiger partial charge is 0.493 e. The number of ether oxygens (including phenoxy) is 2. The summed E-state index contributed by atoms with van der Waals surface area (Å²) in [6.45, 7) is 4.14. The van der Waals surface area contributed by atoms with Crippen LogP contribution in [0.3, 0.4) is 0 Å². The Hall–Kier alpha value is -2.99. The van der Waals surface area contributed by atoms with Gasteiger partial charge in [-0.25, -0.2) is 0 Å². The number of hydrogen-bond donors (Lipinski definition) is 2. The van der Waals surface area contributed by atoms with E-state index in [4.69, 9.17) is 21.1 Å². The van der Waals surface area contributed by atoms with E-state index in [0.29, 0.717) is 34.5 Å². The number of hydrogen-bond acceptors (Lipinski definition) is 4. The van der Waals surface area contributed by atoms with Crippen LogP contribution >= 0.6 is 11.6 Å². The fourth-order valence-corrected chi connectivity index (χ4v) is 2.71. The lowest BCUT2D eigenvalue weighted by molar-refractivity contribution is -0.114. The van der Waals surface area contributed by atoms with Crippen molar-refractivity contribution in [1.29, 1.82) is 0 Å². The molecular formula is C22H25ClN2O4. The first-order valence-electron chi connectivity index (χ1n) is 9.30. The van der Waals surface area contributed by atoms with E-state index in [0.717, 1.165) is 18.4 Å². The maximum Gasteiger partial charge on any atom is 0.248 e. The molecule has 154 valence electrons. The van der Waals surface area contributed by atoms with Crippen LogP contribution in [-0.4, -0.2) is 25.5 Å². The van der Waals surface area contributed by atoms with Crippen molar-refractivity contribution in [3.05, 3.63) is 53.1 Å². The molecule has 2 rings (SSSR count). The van der Waals surface area contributed by atoms with Crippen LogP contribution < -0.4 is 20.1 Å². The third-order valence-electron chi connectivity index (χ3n) is 3.92. The van der Waals surface area contributed by atoms with Crippen molar-refractivity contribution in [1.82, 2.24) is 0 Å². The summed E-state index contributed by atoms with van der Waals surface area (Å²) in [5, 5.41) is 5.67. The number of amides is 2. The molecule has 7 heteroatoms. The maximum atomic E-state index is 12.2. The van der Waals surface area contributed by atoms with Gasteiger partial charge in [0.15, 0.2) is 11.5 Å². The van der Waals surface area contributed by atoms with Gasteiger partial charge in [0, 0.05) is 18.7 Å². The Morgan fingerprint density at radius 3 is 2.55 bits per heavy atom. The first-order valence-corrected chi connectivity index (χ1v) is 9.67. The smallest absolute Gasteiger partial charge is 0.248 e. The van der Waals surface area contributed by atoms with Crippen molar-refractivity contribution in [3.8, 4) is 11.5 Å². The van der Waals surface area contributed by atoms with Crippen LogP contribution in [0.1, 0.15) is 32.3 Å². The molecule has 0 radical (unpaired) electrons. The van der Waals surface area contributed by atoms with Gasteiger partial charge < -0.3 is 20.1 Å². The second kappa shape index (κ2) is 11.1. The van der Waals surface area contributed by atoms with Gasteiger partial charge in [-0.05, 0) is 48.4 Å². The Labute approximate surface area is 175 Å². The van der Waals surface area contributed by atoms with Crippen LogP contribution in [0.4, 0.5) is 11.4 Å². The number of rotatable bonds is 9. The first-order chi connectivity index (χ1) is 13.9. The van der Waals surface area contributed by atoms with Crippen molar-refractivity contribution in [2.75, 3.05) is 24.4 Å². The van der Waals surface area contributed by atoms with Crippen LogP contribution in [0.5, 0.6) is 11.5 Å². The second-order valence-electron chi connectivity index (χ2n) is 6.31. The molecule has 0 aliphatic carbocycles. The molecule has 0 heterocycles. The maximum absolute atomic E-state index is 12.2. The third kappa shape index (κ3) is 7.16. The highest BCUT2D eigenvalue weighted by Crippen LogP contribution is 2.29. The summed E-state index contributed by atoms with van der Waals surface area (Å²) in [6, 6.07) is 10.3. The van der Waals surface area contributed by atoms with Crippen LogP contribution in [0.2, 0.25) is 5.02 Å². The standard InChI is InChI=1S/C22H25ClN2O4/c1-4-5-12-29-20-10-6-16(13-21(20)28-3)7-11-22(27)25-19-9-8-17(14-18(19)23)24-15(2)26/h6-11,13-14H,4-5,12H2,1-3H3,(H,24,26)(H,25,27)/b11-7+. The van der Waals surface area contributed by atoms with E-state index >= 15 is 0 Å². The van der Waals surface area contributed by atoms with E-state index < -0.39 is 0 Å². The number of anilines is 2. The van der Waals surface area contributed by atoms with Gasteiger partial charge in [0.1, 0.15) is 0 Å². The van der Waals surface area contributed by atoms with Crippen LogP contribution in [0, 0.1) is 0 Å². The quantitative estimate of drug-likeness (QED) is 0.438. The van der Waals surface area contributed by atoms with Gasteiger partial charge in [0.2, 0.25) is 11.8 Å². The molecule has 0 atom stereocenters. The number of carbonyl (C=O) groups excluding carboxylic acids is 2. The number of carbonyl (C=O) groups is 2. The van der Waals surface area contributed by atoms with Gasteiger partial charge in [-0.1, -0.05) is 31.0 Å². The van der Waals surface area contributed by atoms with Gasteiger partial charge in [0.25, 0.3) is 0 Å². The summed E-state index contributed by atoms with van der Waals surface area (Å²) < 4.78 is 11.1. The van der Waals surface area contributed by atoms with Crippen molar-refractivity contribution < 1.29 is 19.1 Å². The van der Waals surface area contributed by atoms with Gasteiger partial charge in [0.05, 0.1) is 24.4 Å². The fraction of sp³-hybridized carbons (Fsp3) is 0.273. The molecular weight excluding hydrogens is 392 g/mol. The molecule has 0 saturated carbocycles. The summed E-state index contributed by atoms with van der Waals surface area (Å²) >= 11 is 6.16. The third-order valence-corrected chi connectivity index (χ3v) is 4.23. The molecule has 29 heavy (non-hydrogen) atoms. The fourth-order valence-electron chi connectivity index (χ4n) is 2.48.